The van der Waals surface area contributed by atoms with E-state index in [-0.39, 0.29) is 5.78 Å². The van der Waals surface area contributed by atoms with Crippen LogP contribution in [0, 0.1) is 0 Å². The number of hydrogen-bond acceptors (Lipinski definition) is 4. The van der Waals surface area contributed by atoms with Crippen molar-refractivity contribution in [1.82, 2.24) is 4.98 Å². The van der Waals surface area contributed by atoms with Crippen LogP contribution in [0.25, 0.3) is 16.5 Å². The van der Waals surface area contributed by atoms with Gasteiger partial charge in [-0.05, 0) is 29.7 Å². The van der Waals surface area contributed by atoms with Crippen LogP contribution >= 0.6 is 11.3 Å². The van der Waals surface area contributed by atoms with Gasteiger partial charge in [-0.1, -0.05) is 0 Å². The molecule has 0 aromatic carbocycles. The lowest BCUT2D eigenvalue weighted by molar-refractivity contribution is -0.112. The van der Waals surface area contributed by atoms with Gasteiger partial charge in [0.25, 0.3) is 0 Å². The SMILES string of the molecule is CC(=O)/C=C/c1scnc1N=[N+]=[N-]. The normalized spacial score (nSPS) is 9.92. The molecule has 1 aromatic heterocycles. The molecule has 0 unspecified atom stereocenters. The second kappa shape index (κ2) is 4.39. The number of aromatic nitrogens is 1. The number of carbonyl (C=O) groups is 1. The van der Waals surface area contributed by atoms with Crippen molar-refractivity contribution in [3.63, 3.8) is 0 Å². The molecule has 1 heterocycles. The number of carbonyl (C=O) groups excluding carboxylic acids is 1. The molecule has 0 saturated carbocycles. The molecule has 0 fully saturated rings. The predicted octanol–water partition coefficient (Wildman–Crippen LogP) is 2.69. The van der Waals surface area contributed by atoms with E-state index in [1.807, 2.05) is 0 Å². The van der Waals surface area contributed by atoms with Gasteiger partial charge in [0.1, 0.15) is 5.82 Å². The Morgan fingerprint density at radius 2 is 2.62 bits per heavy atom. The lowest BCUT2D eigenvalue weighted by Crippen LogP contribution is -1.78. The molecule has 0 radical (unpaired) electrons. The van der Waals surface area contributed by atoms with Crippen molar-refractivity contribution in [1.29, 1.82) is 0 Å². The molecule has 66 valence electrons. The fourth-order valence-electron chi connectivity index (χ4n) is 0.674. The Kier molecular flexibility index (Phi) is 3.19. The summed E-state index contributed by atoms with van der Waals surface area (Å²) in [5, 5.41) is 3.36. The first kappa shape index (κ1) is 9.44. The Morgan fingerprint density at radius 3 is 3.23 bits per heavy atom. The van der Waals surface area contributed by atoms with Gasteiger partial charge in [0.15, 0.2) is 5.78 Å². The van der Waals surface area contributed by atoms with Gasteiger partial charge in [0.05, 0.1) is 10.4 Å². The number of rotatable bonds is 3. The molecule has 0 spiro atoms. The number of allylic oxidation sites excluding steroid dienone is 1. The first-order chi connectivity index (χ1) is 6.24. The maximum absolute atomic E-state index is 10.6. The highest BCUT2D eigenvalue weighted by Crippen LogP contribution is 2.22. The van der Waals surface area contributed by atoms with Gasteiger partial charge >= 0.3 is 0 Å². The minimum Gasteiger partial charge on any atom is -0.295 e. The van der Waals surface area contributed by atoms with Gasteiger partial charge in [-0.3, -0.25) is 4.79 Å². The maximum atomic E-state index is 10.6. The van der Waals surface area contributed by atoms with Crippen molar-refractivity contribution in [2.24, 2.45) is 5.11 Å². The van der Waals surface area contributed by atoms with Crippen molar-refractivity contribution >= 4 is 29.0 Å². The van der Waals surface area contributed by atoms with E-state index in [1.54, 1.807) is 11.6 Å². The zero-order valence-corrected chi connectivity index (χ0v) is 7.65. The van der Waals surface area contributed by atoms with E-state index in [1.165, 1.54) is 24.3 Å². The van der Waals surface area contributed by atoms with Crippen LogP contribution in [0.2, 0.25) is 0 Å². The van der Waals surface area contributed by atoms with Crippen molar-refractivity contribution in [2.75, 3.05) is 0 Å². The van der Waals surface area contributed by atoms with Gasteiger partial charge in [0, 0.05) is 4.91 Å². The largest absolute Gasteiger partial charge is 0.295 e. The highest BCUT2D eigenvalue weighted by molar-refractivity contribution is 7.11. The zero-order valence-electron chi connectivity index (χ0n) is 6.84. The van der Waals surface area contributed by atoms with Crippen LogP contribution in [0.3, 0.4) is 0 Å². The van der Waals surface area contributed by atoms with Crippen LogP contribution in [0.5, 0.6) is 0 Å². The second-order valence-corrected chi connectivity index (χ2v) is 3.06. The molecule has 0 N–H and O–H groups in total. The number of nitrogens with zero attached hydrogens (tertiary/aromatic N) is 4. The molecular formula is C7H6N4OS. The van der Waals surface area contributed by atoms with Crippen LogP contribution in [0.1, 0.15) is 11.8 Å². The Bertz CT molecular complexity index is 389. The van der Waals surface area contributed by atoms with Crippen molar-refractivity contribution < 1.29 is 4.79 Å². The topological polar surface area (TPSA) is 78.7 Å². The van der Waals surface area contributed by atoms with Gasteiger partial charge in [-0.2, -0.15) is 0 Å². The Morgan fingerprint density at radius 1 is 1.85 bits per heavy atom. The molecular weight excluding hydrogens is 188 g/mol. The first-order valence-corrected chi connectivity index (χ1v) is 4.29. The minimum atomic E-state index is -0.0553. The van der Waals surface area contributed by atoms with E-state index in [0.717, 1.165) is 0 Å². The molecule has 0 aliphatic heterocycles. The third-order valence-corrected chi connectivity index (χ3v) is 1.97. The smallest absolute Gasteiger partial charge is 0.152 e. The van der Waals surface area contributed by atoms with Crippen LogP contribution in [0.4, 0.5) is 5.82 Å². The molecule has 0 aliphatic rings. The lowest BCUT2D eigenvalue weighted by Gasteiger charge is -1.85. The van der Waals surface area contributed by atoms with Crippen LogP contribution in [-0.4, -0.2) is 10.8 Å². The fraction of sp³-hybridized carbons (Fsp3) is 0.143. The van der Waals surface area contributed by atoms with Gasteiger partial charge in [0.2, 0.25) is 0 Å². The molecule has 0 bridgehead atoms. The van der Waals surface area contributed by atoms with E-state index in [4.69, 9.17) is 5.53 Å². The predicted molar refractivity (Wildman–Crippen MR) is 50.6 cm³/mol. The number of hydrogen-bond donors (Lipinski definition) is 0. The standard InChI is InChI=1S/C7H6N4OS/c1-5(12)2-3-6-7(10-11-8)9-4-13-6/h2-4H,1H3/b3-2+. The third-order valence-electron chi connectivity index (χ3n) is 1.18. The molecule has 0 saturated heterocycles. The fourth-order valence-corrected chi connectivity index (χ4v) is 1.29. The average Bonchev–Trinajstić information content (AvgIpc) is 2.49. The molecule has 0 aliphatic carbocycles. The molecule has 6 heteroatoms. The lowest BCUT2D eigenvalue weighted by atomic mass is 10.3. The summed E-state index contributed by atoms with van der Waals surface area (Å²) in [4.78, 5) is 17.7. The Balaban J connectivity index is 2.94. The highest BCUT2D eigenvalue weighted by Gasteiger charge is 1.99. The van der Waals surface area contributed by atoms with Gasteiger partial charge in [-0.25, -0.2) is 4.98 Å². The summed E-state index contributed by atoms with van der Waals surface area (Å²) in [7, 11) is 0. The summed E-state index contributed by atoms with van der Waals surface area (Å²) in [5.74, 6) is 0.255. The van der Waals surface area contributed by atoms with E-state index in [2.05, 4.69) is 15.0 Å². The summed E-state index contributed by atoms with van der Waals surface area (Å²) in [5.41, 5.74) is 9.73. The molecule has 0 atom stereocenters. The second-order valence-electron chi connectivity index (χ2n) is 2.17. The summed E-state index contributed by atoms with van der Waals surface area (Å²) in [6, 6.07) is 0. The summed E-state index contributed by atoms with van der Waals surface area (Å²) in [6.07, 6.45) is 2.99. The Hall–Kier alpha value is -1.65. The summed E-state index contributed by atoms with van der Waals surface area (Å²) in [6.45, 7) is 1.45. The summed E-state index contributed by atoms with van der Waals surface area (Å²) < 4.78 is 0. The number of azide groups is 1. The van der Waals surface area contributed by atoms with Gasteiger partial charge < -0.3 is 0 Å². The van der Waals surface area contributed by atoms with Crippen molar-refractivity contribution in [3.05, 3.63) is 26.9 Å². The van der Waals surface area contributed by atoms with Gasteiger partial charge in [-0.15, -0.1) is 11.3 Å². The van der Waals surface area contributed by atoms with Crippen LogP contribution < -0.4 is 0 Å². The monoisotopic (exact) mass is 194 g/mol. The molecule has 1 aromatic rings. The molecule has 13 heavy (non-hydrogen) atoms. The van der Waals surface area contributed by atoms with Crippen LogP contribution in [0.15, 0.2) is 16.7 Å². The maximum Gasteiger partial charge on any atom is 0.152 e. The number of thiazole rings is 1. The zero-order chi connectivity index (χ0) is 9.68. The highest BCUT2D eigenvalue weighted by atomic mass is 32.1. The van der Waals surface area contributed by atoms with E-state index >= 15 is 0 Å². The van der Waals surface area contributed by atoms with E-state index < -0.39 is 0 Å². The van der Waals surface area contributed by atoms with Crippen molar-refractivity contribution in [3.8, 4) is 0 Å². The third kappa shape index (κ3) is 2.70. The Labute approximate surface area is 78.4 Å². The summed E-state index contributed by atoms with van der Waals surface area (Å²) >= 11 is 1.32. The number of ketones is 1. The minimum absolute atomic E-state index is 0.0553. The average molecular weight is 194 g/mol. The first-order valence-electron chi connectivity index (χ1n) is 3.41. The molecule has 0 amide bonds. The van der Waals surface area contributed by atoms with Crippen LogP contribution in [-0.2, 0) is 4.79 Å². The van der Waals surface area contributed by atoms with Crippen molar-refractivity contribution in [2.45, 2.75) is 6.92 Å². The molecule has 1 rings (SSSR count). The molecule has 5 nitrogen and oxygen atoms in total. The quantitative estimate of drug-likeness (QED) is 0.321. The van der Waals surface area contributed by atoms with E-state index in [9.17, 15) is 4.79 Å². The van der Waals surface area contributed by atoms with E-state index in [0.29, 0.717) is 10.7 Å².